The molecule has 0 unspecified atom stereocenters. The lowest BCUT2D eigenvalue weighted by Crippen LogP contribution is -2.39. The van der Waals surface area contributed by atoms with Gasteiger partial charge in [0.15, 0.2) is 0 Å². The molecule has 1 heterocycles. The summed E-state index contributed by atoms with van der Waals surface area (Å²) in [6, 6.07) is 0. The number of nitrogens with one attached hydrogen (secondary N) is 2. The van der Waals surface area contributed by atoms with Crippen LogP contribution in [0.1, 0.15) is 0 Å². The number of rotatable bonds is 4. The van der Waals surface area contributed by atoms with E-state index in [0.29, 0.717) is 0 Å². The van der Waals surface area contributed by atoms with Crippen molar-refractivity contribution >= 4 is 6.09 Å². The summed E-state index contributed by atoms with van der Waals surface area (Å²) in [6.45, 7) is 4.23. The SMILES string of the molecule is C1CNCCN1.O=C(O)N(CCO)CCO. The predicted octanol–water partition coefficient (Wildman–Crippen LogP) is -1.87. The minimum absolute atomic E-state index is 0.0515. The van der Waals surface area contributed by atoms with Gasteiger partial charge in [0.1, 0.15) is 0 Å². The van der Waals surface area contributed by atoms with Gasteiger partial charge < -0.3 is 30.9 Å². The van der Waals surface area contributed by atoms with Crippen molar-refractivity contribution in [2.75, 3.05) is 52.5 Å². The normalized spacial score (nSPS) is 14.9. The molecule has 7 nitrogen and oxygen atoms in total. The highest BCUT2D eigenvalue weighted by Gasteiger charge is 2.08. The molecule has 0 radical (unpaired) electrons. The van der Waals surface area contributed by atoms with Crippen molar-refractivity contribution in [2.45, 2.75) is 0 Å². The van der Waals surface area contributed by atoms with Gasteiger partial charge in [-0.25, -0.2) is 4.79 Å². The zero-order valence-electron chi connectivity index (χ0n) is 9.35. The van der Waals surface area contributed by atoms with Crippen molar-refractivity contribution in [3.63, 3.8) is 0 Å². The Hall–Kier alpha value is -0.890. The van der Waals surface area contributed by atoms with Gasteiger partial charge in [-0.3, -0.25) is 0 Å². The molecule has 0 saturated carbocycles. The Bertz CT molecular complexity index is 159. The Morgan fingerprint density at radius 1 is 1.00 bits per heavy atom. The molecule has 0 bridgehead atoms. The maximum absolute atomic E-state index is 10.2. The van der Waals surface area contributed by atoms with Crippen LogP contribution in [0.4, 0.5) is 4.79 Å². The van der Waals surface area contributed by atoms with Gasteiger partial charge in [0.05, 0.1) is 13.2 Å². The maximum Gasteiger partial charge on any atom is 0.407 e. The molecule has 1 aliphatic heterocycles. The van der Waals surface area contributed by atoms with E-state index in [1.807, 2.05) is 0 Å². The van der Waals surface area contributed by atoms with Crippen molar-refractivity contribution in [1.29, 1.82) is 0 Å². The lowest BCUT2D eigenvalue weighted by molar-refractivity contribution is 0.119. The van der Waals surface area contributed by atoms with Crippen LogP contribution >= 0.6 is 0 Å². The molecular formula is C9H21N3O4. The summed E-state index contributed by atoms with van der Waals surface area (Å²) in [4.78, 5) is 11.1. The molecule has 7 heteroatoms. The van der Waals surface area contributed by atoms with E-state index in [1.165, 1.54) is 0 Å². The summed E-state index contributed by atoms with van der Waals surface area (Å²) < 4.78 is 0. The zero-order valence-corrected chi connectivity index (χ0v) is 9.35. The van der Waals surface area contributed by atoms with Crippen LogP contribution in [0.15, 0.2) is 0 Å². The summed E-state index contributed by atoms with van der Waals surface area (Å²) in [5.74, 6) is 0. The predicted molar refractivity (Wildman–Crippen MR) is 59.5 cm³/mol. The van der Waals surface area contributed by atoms with E-state index in [9.17, 15) is 4.79 Å². The molecule has 1 rings (SSSR count). The van der Waals surface area contributed by atoms with Crippen LogP contribution in [0.25, 0.3) is 0 Å². The second-order valence-electron chi connectivity index (χ2n) is 3.22. The number of aliphatic hydroxyl groups excluding tert-OH is 2. The zero-order chi connectivity index (χ0) is 12.2. The van der Waals surface area contributed by atoms with E-state index in [4.69, 9.17) is 15.3 Å². The lowest BCUT2D eigenvalue weighted by atomic mass is 10.4. The molecule has 0 aromatic heterocycles. The highest BCUT2D eigenvalue weighted by atomic mass is 16.4. The number of piperazine rings is 1. The topological polar surface area (TPSA) is 105 Å². The van der Waals surface area contributed by atoms with Gasteiger partial charge in [0, 0.05) is 39.3 Å². The molecule has 1 fully saturated rings. The van der Waals surface area contributed by atoms with Gasteiger partial charge >= 0.3 is 6.09 Å². The first kappa shape index (κ1) is 15.1. The van der Waals surface area contributed by atoms with Crippen LogP contribution in [-0.4, -0.2) is 78.8 Å². The first-order valence-electron chi connectivity index (χ1n) is 5.33. The quantitative estimate of drug-likeness (QED) is 0.391. The Kier molecular flexibility index (Phi) is 10.0. The number of carbonyl (C=O) groups is 1. The second kappa shape index (κ2) is 10.6. The molecule has 1 saturated heterocycles. The van der Waals surface area contributed by atoms with E-state index >= 15 is 0 Å². The van der Waals surface area contributed by atoms with Crippen molar-refractivity contribution in [2.24, 2.45) is 0 Å². The van der Waals surface area contributed by atoms with E-state index in [2.05, 4.69) is 10.6 Å². The summed E-state index contributed by atoms with van der Waals surface area (Å²) in [5, 5.41) is 31.4. The number of amides is 1. The smallest absolute Gasteiger partial charge is 0.407 e. The number of nitrogens with zero attached hydrogens (tertiary/aromatic N) is 1. The van der Waals surface area contributed by atoms with Crippen molar-refractivity contribution < 1.29 is 20.1 Å². The molecule has 96 valence electrons. The molecule has 1 amide bonds. The highest BCUT2D eigenvalue weighted by molar-refractivity contribution is 5.64. The molecule has 0 aromatic rings. The monoisotopic (exact) mass is 235 g/mol. The van der Waals surface area contributed by atoms with Crippen LogP contribution in [0.5, 0.6) is 0 Å². The van der Waals surface area contributed by atoms with Gasteiger partial charge in [0.25, 0.3) is 0 Å². The van der Waals surface area contributed by atoms with Crippen LogP contribution in [0.3, 0.4) is 0 Å². The summed E-state index contributed by atoms with van der Waals surface area (Å²) >= 11 is 0. The number of hydrogen-bond donors (Lipinski definition) is 5. The Labute approximate surface area is 95.1 Å². The third kappa shape index (κ3) is 8.42. The fourth-order valence-electron chi connectivity index (χ4n) is 1.15. The average molecular weight is 235 g/mol. The minimum atomic E-state index is -1.12. The van der Waals surface area contributed by atoms with E-state index in [0.717, 1.165) is 31.1 Å². The van der Waals surface area contributed by atoms with Gasteiger partial charge in [-0.05, 0) is 0 Å². The molecule has 5 N–H and O–H groups in total. The third-order valence-electron chi connectivity index (χ3n) is 1.97. The van der Waals surface area contributed by atoms with Crippen molar-refractivity contribution in [1.82, 2.24) is 15.5 Å². The summed E-state index contributed by atoms with van der Waals surface area (Å²) in [5.41, 5.74) is 0. The second-order valence-corrected chi connectivity index (χ2v) is 3.22. The fraction of sp³-hybridized carbons (Fsp3) is 0.889. The van der Waals surface area contributed by atoms with E-state index < -0.39 is 6.09 Å². The molecule has 0 atom stereocenters. The van der Waals surface area contributed by atoms with E-state index in [-0.39, 0.29) is 26.3 Å². The highest BCUT2D eigenvalue weighted by Crippen LogP contribution is 1.86. The summed E-state index contributed by atoms with van der Waals surface area (Å²) in [7, 11) is 0. The molecule has 0 aromatic carbocycles. The van der Waals surface area contributed by atoms with Crippen LogP contribution in [-0.2, 0) is 0 Å². The van der Waals surface area contributed by atoms with Gasteiger partial charge in [0.2, 0.25) is 0 Å². The Morgan fingerprint density at radius 2 is 1.38 bits per heavy atom. The van der Waals surface area contributed by atoms with Crippen LogP contribution in [0.2, 0.25) is 0 Å². The Balaban J connectivity index is 0.000000315. The van der Waals surface area contributed by atoms with Crippen LogP contribution in [0, 0.1) is 0 Å². The molecule has 16 heavy (non-hydrogen) atoms. The van der Waals surface area contributed by atoms with Crippen molar-refractivity contribution in [3.8, 4) is 0 Å². The number of carboxylic acid groups (broad SMARTS) is 1. The maximum atomic E-state index is 10.2. The number of hydrogen-bond acceptors (Lipinski definition) is 5. The molecular weight excluding hydrogens is 214 g/mol. The van der Waals surface area contributed by atoms with Crippen LogP contribution < -0.4 is 10.6 Å². The number of aliphatic hydroxyl groups is 2. The fourth-order valence-corrected chi connectivity index (χ4v) is 1.15. The lowest BCUT2D eigenvalue weighted by Gasteiger charge is -2.15. The first-order valence-corrected chi connectivity index (χ1v) is 5.33. The Morgan fingerprint density at radius 3 is 1.56 bits per heavy atom. The van der Waals surface area contributed by atoms with Crippen molar-refractivity contribution in [3.05, 3.63) is 0 Å². The van der Waals surface area contributed by atoms with Gasteiger partial charge in [-0.1, -0.05) is 0 Å². The van der Waals surface area contributed by atoms with E-state index in [1.54, 1.807) is 0 Å². The van der Waals surface area contributed by atoms with Gasteiger partial charge in [-0.2, -0.15) is 0 Å². The third-order valence-corrected chi connectivity index (χ3v) is 1.97. The minimum Gasteiger partial charge on any atom is -0.465 e. The molecule has 1 aliphatic rings. The van der Waals surface area contributed by atoms with Gasteiger partial charge in [-0.15, -0.1) is 0 Å². The summed E-state index contributed by atoms with van der Waals surface area (Å²) in [6.07, 6.45) is -1.12. The molecule has 0 aliphatic carbocycles. The standard InChI is InChI=1S/C5H11NO4.C4H10N2/c7-3-1-6(2-4-8)5(9)10;1-2-6-4-3-5-1/h7-8H,1-4H2,(H,9,10);5-6H,1-4H2. The molecule has 0 spiro atoms. The average Bonchev–Trinajstić information content (AvgIpc) is 2.32. The largest absolute Gasteiger partial charge is 0.465 e. The first-order chi connectivity index (χ1) is 7.72.